The van der Waals surface area contributed by atoms with Crippen molar-refractivity contribution in [2.24, 2.45) is 5.10 Å². The molecule has 0 aliphatic rings. The van der Waals surface area contributed by atoms with Crippen molar-refractivity contribution in [3.8, 4) is 0 Å². The van der Waals surface area contributed by atoms with Crippen LogP contribution >= 0.6 is 34.2 Å². The fraction of sp³-hybridized carbons (Fsp3) is 0.0833. The second kappa shape index (κ2) is 9.02. The first kappa shape index (κ1) is 20.6. The number of aromatic nitrogens is 1. The summed E-state index contributed by atoms with van der Waals surface area (Å²) in [4.78, 5) is 12.3. The van der Waals surface area contributed by atoms with Crippen LogP contribution in [-0.4, -0.2) is 16.7 Å². The molecule has 0 atom stereocenters. The number of halogens is 2. The molecule has 3 aromatic carbocycles. The van der Waals surface area contributed by atoms with Gasteiger partial charge in [-0.1, -0.05) is 48.0 Å². The van der Waals surface area contributed by atoms with E-state index in [1.807, 2.05) is 48.5 Å². The van der Waals surface area contributed by atoms with Crippen molar-refractivity contribution >= 4 is 57.2 Å². The van der Waals surface area contributed by atoms with Crippen molar-refractivity contribution < 1.29 is 4.79 Å². The average Bonchev–Trinajstić information content (AvgIpc) is 3.01. The average molecular weight is 528 g/mol. The highest BCUT2D eigenvalue weighted by Gasteiger charge is 2.14. The first-order valence-electron chi connectivity index (χ1n) is 9.45. The number of nitrogens with one attached hydrogen (secondary N) is 1. The quantitative estimate of drug-likeness (QED) is 0.193. The molecule has 1 N–H and O–H groups in total. The van der Waals surface area contributed by atoms with E-state index in [4.69, 9.17) is 11.6 Å². The van der Waals surface area contributed by atoms with E-state index in [0.717, 1.165) is 36.3 Å². The Bertz CT molecular complexity index is 1250. The van der Waals surface area contributed by atoms with Gasteiger partial charge in [0.25, 0.3) is 5.91 Å². The van der Waals surface area contributed by atoms with Crippen LogP contribution in [0, 0.1) is 10.5 Å². The third kappa shape index (κ3) is 4.27. The number of hydrazone groups is 1. The maximum absolute atomic E-state index is 12.3. The summed E-state index contributed by atoms with van der Waals surface area (Å²) in [6.07, 6.45) is 1.71. The van der Waals surface area contributed by atoms with Crippen LogP contribution in [0.1, 0.15) is 27.2 Å². The highest BCUT2D eigenvalue weighted by Crippen LogP contribution is 2.27. The molecule has 0 saturated carbocycles. The second-order valence-electron chi connectivity index (χ2n) is 6.90. The molecular weight excluding hydrogens is 509 g/mol. The SMILES string of the molecule is Cc1c(/C=N\NC(=O)c2ccc(I)cc2)c2ccccc2n1Cc1ccccc1Cl. The Balaban J connectivity index is 1.63. The number of benzene rings is 3. The monoisotopic (exact) mass is 527 g/mol. The third-order valence-corrected chi connectivity index (χ3v) is 6.12. The van der Waals surface area contributed by atoms with Gasteiger partial charge in [-0.05, 0) is 71.5 Å². The number of para-hydroxylation sites is 1. The molecule has 0 spiro atoms. The lowest BCUT2D eigenvalue weighted by Gasteiger charge is -2.10. The number of carbonyl (C=O) groups is 1. The molecule has 6 heteroatoms. The molecule has 1 heterocycles. The Morgan fingerprint density at radius 3 is 2.53 bits per heavy atom. The number of hydrogen-bond donors (Lipinski definition) is 1. The first-order chi connectivity index (χ1) is 14.5. The highest BCUT2D eigenvalue weighted by atomic mass is 127. The maximum Gasteiger partial charge on any atom is 0.271 e. The molecule has 0 bridgehead atoms. The molecule has 0 unspecified atom stereocenters. The summed E-state index contributed by atoms with van der Waals surface area (Å²) in [5.74, 6) is -0.236. The van der Waals surface area contributed by atoms with Gasteiger partial charge in [-0.2, -0.15) is 5.10 Å². The van der Waals surface area contributed by atoms with Crippen LogP contribution in [0.2, 0.25) is 5.02 Å². The predicted octanol–water partition coefficient (Wildman–Crippen LogP) is 6.02. The topological polar surface area (TPSA) is 46.4 Å². The van der Waals surface area contributed by atoms with E-state index < -0.39 is 0 Å². The zero-order chi connectivity index (χ0) is 21.1. The van der Waals surface area contributed by atoms with Crippen molar-refractivity contribution in [1.82, 2.24) is 9.99 Å². The van der Waals surface area contributed by atoms with Crippen LogP contribution < -0.4 is 5.43 Å². The smallest absolute Gasteiger partial charge is 0.271 e. The lowest BCUT2D eigenvalue weighted by Crippen LogP contribution is -2.17. The fourth-order valence-corrected chi connectivity index (χ4v) is 4.00. The third-order valence-electron chi connectivity index (χ3n) is 5.03. The molecular formula is C24H19ClIN3O. The molecule has 150 valence electrons. The van der Waals surface area contributed by atoms with Crippen LogP contribution in [0.3, 0.4) is 0 Å². The number of amides is 1. The lowest BCUT2D eigenvalue weighted by molar-refractivity contribution is 0.0955. The first-order valence-corrected chi connectivity index (χ1v) is 10.9. The van der Waals surface area contributed by atoms with E-state index in [2.05, 4.69) is 56.7 Å². The van der Waals surface area contributed by atoms with Crippen LogP contribution in [0.5, 0.6) is 0 Å². The number of nitrogens with zero attached hydrogens (tertiary/aromatic N) is 2. The van der Waals surface area contributed by atoms with E-state index in [1.54, 1.807) is 18.3 Å². The van der Waals surface area contributed by atoms with Gasteiger partial charge in [0, 0.05) is 42.9 Å². The number of hydrogen-bond acceptors (Lipinski definition) is 2. The van der Waals surface area contributed by atoms with Gasteiger partial charge in [0.2, 0.25) is 0 Å². The summed E-state index contributed by atoms with van der Waals surface area (Å²) in [5, 5.41) is 6.05. The van der Waals surface area contributed by atoms with Gasteiger partial charge < -0.3 is 4.57 Å². The molecule has 0 aliphatic heterocycles. The predicted molar refractivity (Wildman–Crippen MR) is 131 cm³/mol. The van der Waals surface area contributed by atoms with Crippen molar-refractivity contribution in [3.63, 3.8) is 0 Å². The molecule has 0 aliphatic carbocycles. The molecule has 1 aromatic heterocycles. The Morgan fingerprint density at radius 2 is 1.77 bits per heavy atom. The van der Waals surface area contributed by atoms with Gasteiger partial charge in [-0.15, -0.1) is 0 Å². The number of fused-ring (bicyclic) bond motifs is 1. The minimum absolute atomic E-state index is 0.236. The standard InChI is InChI=1S/C24H19ClIN3O/c1-16-21(14-27-28-24(30)17-10-12-19(26)13-11-17)20-7-3-5-9-23(20)29(16)15-18-6-2-4-8-22(18)25/h2-14H,15H2,1H3,(H,28,30)/b27-14-. The number of carbonyl (C=O) groups excluding carboxylic acids is 1. The van der Waals surface area contributed by atoms with Crippen molar-refractivity contribution in [3.05, 3.63) is 104 Å². The zero-order valence-electron chi connectivity index (χ0n) is 16.3. The largest absolute Gasteiger partial charge is 0.340 e. The molecule has 1 amide bonds. The van der Waals surface area contributed by atoms with E-state index in [0.29, 0.717) is 12.1 Å². The minimum atomic E-state index is -0.236. The summed E-state index contributed by atoms with van der Waals surface area (Å²) in [7, 11) is 0. The van der Waals surface area contributed by atoms with Crippen LogP contribution in [0.4, 0.5) is 0 Å². The minimum Gasteiger partial charge on any atom is -0.340 e. The van der Waals surface area contributed by atoms with E-state index >= 15 is 0 Å². The van der Waals surface area contributed by atoms with Crippen molar-refractivity contribution in [1.29, 1.82) is 0 Å². The van der Waals surface area contributed by atoms with E-state index in [9.17, 15) is 4.79 Å². The van der Waals surface area contributed by atoms with Crippen LogP contribution in [0.25, 0.3) is 10.9 Å². The summed E-state index contributed by atoms with van der Waals surface area (Å²) >= 11 is 8.59. The zero-order valence-corrected chi connectivity index (χ0v) is 19.2. The van der Waals surface area contributed by atoms with Gasteiger partial charge in [-0.25, -0.2) is 5.43 Å². The van der Waals surface area contributed by atoms with Gasteiger partial charge in [0.05, 0.1) is 6.21 Å². The molecule has 30 heavy (non-hydrogen) atoms. The van der Waals surface area contributed by atoms with E-state index in [-0.39, 0.29) is 5.91 Å². The van der Waals surface area contributed by atoms with Crippen LogP contribution in [0.15, 0.2) is 77.9 Å². The lowest BCUT2D eigenvalue weighted by atomic mass is 10.1. The highest BCUT2D eigenvalue weighted by molar-refractivity contribution is 14.1. The molecule has 0 saturated heterocycles. The van der Waals surface area contributed by atoms with Gasteiger partial charge in [0.1, 0.15) is 0 Å². The van der Waals surface area contributed by atoms with Gasteiger partial charge in [-0.3, -0.25) is 4.79 Å². The second-order valence-corrected chi connectivity index (χ2v) is 8.55. The van der Waals surface area contributed by atoms with Crippen molar-refractivity contribution in [2.75, 3.05) is 0 Å². The Morgan fingerprint density at radius 1 is 1.07 bits per heavy atom. The molecule has 0 fully saturated rings. The molecule has 0 radical (unpaired) electrons. The molecule has 4 nitrogen and oxygen atoms in total. The fourth-order valence-electron chi connectivity index (χ4n) is 3.44. The van der Waals surface area contributed by atoms with Gasteiger partial charge >= 0.3 is 0 Å². The molecule has 4 aromatic rings. The number of rotatable bonds is 5. The van der Waals surface area contributed by atoms with Crippen LogP contribution in [-0.2, 0) is 6.54 Å². The summed E-state index contributed by atoms with van der Waals surface area (Å²) in [6, 6.07) is 23.4. The summed E-state index contributed by atoms with van der Waals surface area (Å²) in [5.41, 5.74) is 7.38. The van der Waals surface area contributed by atoms with Gasteiger partial charge in [0.15, 0.2) is 0 Å². The normalized spacial score (nSPS) is 11.3. The maximum atomic E-state index is 12.3. The van der Waals surface area contributed by atoms with Crippen molar-refractivity contribution in [2.45, 2.75) is 13.5 Å². The Kier molecular flexibility index (Phi) is 6.20. The summed E-state index contributed by atoms with van der Waals surface area (Å²) < 4.78 is 3.30. The molecule has 4 rings (SSSR count). The van der Waals surface area contributed by atoms with E-state index in [1.165, 1.54) is 0 Å². The Labute approximate surface area is 193 Å². The Hall–Kier alpha value is -2.64. The summed E-state index contributed by atoms with van der Waals surface area (Å²) in [6.45, 7) is 2.72.